The molecule has 3 heterocycles. The molecule has 11 nitrogen and oxygen atoms in total. The predicted octanol–water partition coefficient (Wildman–Crippen LogP) is 2.66. The monoisotopic (exact) mass is 511 g/mol. The zero-order chi connectivity index (χ0) is 24.9. The molecule has 1 fully saturated rings. The molecule has 1 aliphatic rings. The number of carbonyl (C=O) groups excluding carboxylic acids is 2. The molecule has 1 aromatic carbocycles. The molecular weight excluding hydrogens is 493 g/mol. The number of nitrogens with two attached hydrogens (primary N) is 2. The molecule has 0 saturated heterocycles. The Morgan fingerprint density at radius 2 is 1.91 bits per heavy atom. The molecule has 1 aliphatic carbocycles. The van der Waals surface area contributed by atoms with Gasteiger partial charge < -0.3 is 11.5 Å². The highest BCUT2D eigenvalue weighted by Crippen LogP contribution is 2.40. The topological polar surface area (TPSA) is 160 Å². The first-order valence-corrected chi connectivity index (χ1v) is 11.4. The fraction of sp³-hybridized carbons (Fsp3) is 0.227. The standard InChI is InChI=1S/C22H19Cl2N9O2/c1-10-7-12(23)8-13(19(25)34)16(10)17-15(9-32-21(11-4-5-11)28-30-31-32)29-33(18(17)20(26)35)22-14(24)3-2-6-27-22/h2-3,6-8,11H,4-5,9H2,1H3,(H2,25,34)(H2,26,35). The van der Waals surface area contributed by atoms with E-state index in [0.29, 0.717) is 33.2 Å². The Kier molecular flexibility index (Phi) is 5.73. The lowest BCUT2D eigenvalue weighted by molar-refractivity contribution is 0.0986. The Balaban J connectivity index is 1.83. The van der Waals surface area contributed by atoms with Gasteiger partial charge in [-0.1, -0.05) is 23.2 Å². The van der Waals surface area contributed by atoms with Crippen LogP contribution in [0.15, 0.2) is 30.5 Å². The first-order chi connectivity index (χ1) is 16.8. The van der Waals surface area contributed by atoms with Gasteiger partial charge in [0, 0.05) is 33.8 Å². The van der Waals surface area contributed by atoms with Crippen LogP contribution in [0.4, 0.5) is 0 Å². The van der Waals surface area contributed by atoms with Gasteiger partial charge in [-0.2, -0.15) is 5.10 Å². The average molecular weight is 512 g/mol. The SMILES string of the molecule is Cc1cc(Cl)cc(C(N)=O)c1-c1c(Cn2nnnc2C2CC2)nn(-c2ncccc2Cl)c1C(N)=O. The van der Waals surface area contributed by atoms with Crippen molar-refractivity contribution in [3.63, 3.8) is 0 Å². The minimum atomic E-state index is -0.802. The van der Waals surface area contributed by atoms with Crippen molar-refractivity contribution in [3.8, 4) is 16.9 Å². The second-order valence-electron chi connectivity index (χ2n) is 8.23. The zero-order valence-electron chi connectivity index (χ0n) is 18.4. The largest absolute Gasteiger partial charge is 0.366 e. The zero-order valence-corrected chi connectivity index (χ0v) is 20.0. The van der Waals surface area contributed by atoms with E-state index in [1.54, 1.807) is 29.8 Å². The third-order valence-electron chi connectivity index (χ3n) is 5.75. The van der Waals surface area contributed by atoms with Crippen LogP contribution in [0.2, 0.25) is 10.0 Å². The van der Waals surface area contributed by atoms with E-state index >= 15 is 0 Å². The maximum Gasteiger partial charge on any atom is 0.268 e. The molecular formula is C22H19Cl2N9O2. The number of aromatic nitrogens is 7. The number of tetrazole rings is 1. The van der Waals surface area contributed by atoms with Gasteiger partial charge in [-0.25, -0.2) is 14.3 Å². The lowest BCUT2D eigenvalue weighted by atomic mass is 9.92. The maximum absolute atomic E-state index is 12.9. The molecule has 1 saturated carbocycles. The highest BCUT2D eigenvalue weighted by Gasteiger charge is 2.33. The van der Waals surface area contributed by atoms with Crippen LogP contribution < -0.4 is 11.5 Å². The molecule has 0 radical (unpaired) electrons. The molecule has 178 valence electrons. The average Bonchev–Trinajstić information content (AvgIpc) is 3.43. The lowest BCUT2D eigenvalue weighted by Crippen LogP contribution is -2.20. The number of primary amides is 2. The molecule has 0 aliphatic heterocycles. The summed E-state index contributed by atoms with van der Waals surface area (Å²) in [5.74, 6) is -0.359. The number of halogens is 2. The number of aryl methyl sites for hydroxylation is 1. The molecule has 0 bridgehead atoms. The number of rotatable bonds is 7. The van der Waals surface area contributed by atoms with Gasteiger partial charge in [-0.15, -0.1) is 5.10 Å². The first-order valence-electron chi connectivity index (χ1n) is 10.6. The summed E-state index contributed by atoms with van der Waals surface area (Å²) in [6, 6.07) is 6.37. The van der Waals surface area contributed by atoms with E-state index in [0.717, 1.165) is 12.8 Å². The Morgan fingerprint density at radius 3 is 2.57 bits per heavy atom. The first kappa shape index (κ1) is 22.9. The third kappa shape index (κ3) is 4.13. The molecule has 4 aromatic rings. The van der Waals surface area contributed by atoms with Gasteiger partial charge in [0.2, 0.25) is 5.91 Å². The second-order valence-corrected chi connectivity index (χ2v) is 9.08. The number of amides is 2. The van der Waals surface area contributed by atoms with E-state index in [9.17, 15) is 9.59 Å². The van der Waals surface area contributed by atoms with Gasteiger partial charge >= 0.3 is 0 Å². The summed E-state index contributed by atoms with van der Waals surface area (Å²) >= 11 is 12.6. The molecule has 5 rings (SSSR count). The summed E-state index contributed by atoms with van der Waals surface area (Å²) in [6.07, 6.45) is 3.49. The minimum absolute atomic E-state index is 0.0189. The Bertz CT molecular complexity index is 1490. The molecule has 3 aromatic heterocycles. The van der Waals surface area contributed by atoms with Gasteiger partial charge in [0.25, 0.3) is 5.91 Å². The highest BCUT2D eigenvalue weighted by molar-refractivity contribution is 6.32. The minimum Gasteiger partial charge on any atom is -0.366 e. The number of nitrogens with zero attached hydrogens (tertiary/aromatic N) is 7. The lowest BCUT2D eigenvalue weighted by Gasteiger charge is -2.14. The summed E-state index contributed by atoms with van der Waals surface area (Å²) < 4.78 is 2.89. The smallest absolute Gasteiger partial charge is 0.268 e. The van der Waals surface area contributed by atoms with Gasteiger partial charge in [0.15, 0.2) is 11.6 Å². The number of carbonyl (C=O) groups is 2. The van der Waals surface area contributed by atoms with Crippen LogP contribution >= 0.6 is 23.2 Å². The van der Waals surface area contributed by atoms with Crippen LogP contribution in [0, 0.1) is 6.92 Å². The van der Waals surface area contributed by atoms with Crippen LogP contribution in [-0.2, 0) is 6.54 Å². The summed E-state index contributed by atoms with van der Waals surface area (Å²) in [7, 11) is 0. The summed E-state index contributed by atoms with van der Waals surface area (Å²) in [6.45, 7) is 1.85. The van der Waals surface area contributed by atoms with Crippen LogP contribution in [0.25, 0.3) is 16.9 Å². The van der Waals surface area contributed by atoms with E-state index in [2.05, 4.69) is 25.6 Å². The molecule has 4 N–H and O–H groups in total. The maximum atomic E-state index is 12.9. The summed E-state index contributed by atoms with van der Waals surface area (Å²) in [4.78, 5) is 29.6. The van der Waals surface area contributed by atoms with Crippen molar-refractivity contribution in [2.24, 2.45) is 11.5 Å². The van der Waals surface area contributed by atoms with E-state index < -0.39 is 11.8 Å². The molecule has 0 spiro atoms. The van der Waals surface area contributed by atoms with Crippen LogP contribution in [-0.4, -0.2) is 46.8 Å². The number of pyridine rings is 1. The second kappa shape index (κ2) is 8.75. The van der Waals surface area contributed by atoms with E-state index in [1.807, 2.05) is 0 Å². The van der Waals surface area contributed by atoms with Crippen molar-refractivity contribution < 1.29 is 9.59 Å². The normalized spacial score (nSPS) is 13.2. The highest BCUT2D eigenvalue weighted by atomic mass is 35.5. The quantitative estimate of drug-likeness (QED) is 0.385. The summed E-state index contributed by atoms with van der Waals surface area (Å²) in [5.41, 5.74) is 13.3. The number of benzene rings is 1. The fourth-order valence-corrected chi connectivity index (χ4v) is 4.59. The molecule has 0 atom stereocenters. The Labute approximate surface area is 209 Å². The van der Waals surface area contributed by atoms with Crippen LogP contribution in [0.1, 0.15) is 56.7 Å². The predicted molar refractivity (Wildman–Crippen MR) is 127 cm³/mol. The fourth-order valence-electron chi connectivity index (χ4n) is 4.12. The Morgan fingerprint density at radius 1 is 1.14 bits per heavy atom. The van der Waals surface area contributed by atoms with Gasteiger partial charge in [-0.05, 0) is 60.0 Å². The van der Waals surface area contributed by atoms with E-state index in [-0.39, 0.29) is 34.6 Å². The van der Waals surface area contributed by atoms with Crippen molar-refractivity contribution >= 4 is 35.0 Å². The van der Waals surface area contributed by atoms with Crippen LogP contribution in [0.3, 0.4) is 0 Å². The molecule has 0 unspecified atom stereocenters. The molecule has 13 heteroatoms. The van der Waals surface area contributed by atoms with Crippen molar-refractivity contribution in [1.29, 1.82) is 0 Å². The number of hydrogen-bond acceptors (Lipinski definition) is 7. The summed E-state index contributed by atoms with van der Waals surface area (Å²) in [5, 5.41) is 17.3. The van der Waals surface area contributed by atoms with Crippen LogP contribution in [0.5, 0.6) is 0 Å². The number of hydrogen-bond donors (Lipinski definition) is 2. The molecule has 2 amide bonds. The molecule has 35 heavy (non-hydrogen) atoms. The van der Waals surface area contributed by atoms with E-state index in [4.69, 9.17) is 34.7 Å². The van der Waals surface area contributed by atoms with Crippen molar-refractivity contribution in [3.05, 3.63) is 68.8 Å². The van der Waals surface area contributed by atoms with Crippen molar-refractivity contribution in [2.75, 3.05) is 0 Å². The van der Waals surface area contributed by atoms with Gasteiger partial charge in [0.1, 0.15) is 5.69 Å². The Hall–Kier alpha value is -3.83. The third-order valence-corrected chi connectivity index (χ3v) is 6.26. The van der Waals surface area contributed by atoms with Crippen molar-refractivity contribution in [2.45, 2.75) is 32.2 Å². The van der Waals surface area contributed by atoms with Gasteiger partial charge in [-0.3, -0.25) is 9.59 Å². The van der Waals surface area contributed by atoms with Crippen molar-refractivity contribution in [1.82, 2.24) is 35.0 Å². The van der Waals surface area contributed by atoms with Gasteiger partial charge in [0.05, 0.1) is 17.3 Å². The van der Waals surface area contributed by atoms with E-state index in [1.165, 1.54) is 16.9 Å².